The van der Waals surface area contributed by atoms with Crippen LogP contribution in [0.15, 0.2) is 0 Å². The molecule has 0 aliphatic carbocycles. The molecule has 172 valence electrons. The van der Waals surface area contributed by atoms with Crippen LogP contribution in [-0.4, -0.2) is 51.7 Å². The summed E-state index contributed by atoms with van der Waals surface area (Å²) in [7, 11) is 0. The van der Waals surface area contributed by atoms with E-state index < -0.39 is 0 Å². The standard InChI is InChI=1S/C22H44N2O5/c1-4-7-10-11-15-27-19-20(18-24-22(26)29-17-9-6-3)13-12-14-23-21(25)28-16-8-5-2/h20H,4-19H2,1-3H3,(H,23,25)(H,24,26). The van der Waals surface area contributed by atoms with Crippen LogP contribution in [0.5, 0.6) is 0 Å². The summed E-state index contributed by atoms with van der Waals surface area (Å²) in [5.41, 5.74) is 0. The Morgan fingerprint density at radius 1 is 0.724 bits per heavy atom. The molecular formula is C22H44N2O5. The molecule has 7 nitrogen and oxygen atoms in total. The fourth-order valence-electron chi connectivity index (χ4n) is 2.65. The first kappa shape index (κ1) is 27.5. The molecule has 0 heterocycles. The Kier molecular flexibility index (Phi) is 20.1. The van der Waals surface area contributed by atoms with Crippen LogP contribution >= 0.6 is 0 Å². The second-order valence-corrected chi connectivity index (χ2v) is 7.43. The smallest absolute Gasteiger partial charge is 0.407 e. The van der Waals surface area contributed by atoms with E-state index in [4.69, 9.17) is 14.2 Å². The van der Waals surface area contributed by atoms with Gasteiger partial charge in [0.2, 0.25) is 0 Å². The van der Waals surface area contributed by atoms with E-state index >= 15 is 0 Å². The van der Waals surface area contributed by atoms with Gasteiger partial charge in [-0.2, -0.15) is 0 Å². The van der Waals surface area contributed by atoms with Crippen molar-refractivity contribution in [2.45, 2.75) is 85.0 Å². The highest BCUT2D eigenvalue weighted by Gasteiger charge is 2.12. The Hall–Kier alpha value is -1.50. The maximum absolute atomic E-state index is 11.8. The molecule has 2 amide bonds. The molecule has 0 aromatic heterocycles. The highest BCUT2D eigenvalue weighted by Crippen LogP contribution is 2.08. The van der Waals surface area contributed by atoms with Crippen molar-refractivity contribution in [2.75, 3.05) is 39.5 Å². The Bertz CT molecular complexity index is 393. The van der Waals surface area contributed by atoms with E-state index in [-0.39, 0.29) is 18.1 Å². The van der Waals surface area contributed by atoms with Crippen molar-refractivity contribution < 1.29 is 23.8 Å². The van der Waals surface area contributed by atoms with Gasteiger partial charge in [-0.15, -0.1) is 0 Å². The fourth-order valence-corrected chi connectivity index (χ4v) is 2.65. The van der Waals surface area contributed by atoms with Crippen LogP contribution < -0.4 is 10.6 Å². The van der Waals surface area contributed by atoms with E-state index in [1.807, 2.05) is 0 Å². The molecule has 0 radical (unpaired) electrons. The van der Waals surface area contributed by atoms with Gasteiger partial charge >= 0.3 is 12.2 Å². The predicted octanol–water partition coefficient (Wildman–Crippen LogP) is 5.03. The molecule has 0 saturated heterocycles. The lowest BCUT2D eigenvalue weighted by Crippen LogP contribution is -2.33. The van der Waals surface area contributed by atoms with E-state index in [1.54, 1.807) is 0 Å². The summed E-state index contributed by atoms with van der Waals surface area (Å²) in [6.45, 7) is 9.63. The van der Waals surface area contributed by atoms with Crippen molar-refractivity contribution in [1.29, 1.82) is 0 Å². The first-order valence-corrected chi connectivity index (χ1v) is 11.5. The topological polar surface area (TPSA) is 85.9 Å². The van der Waals surface area contributed by atoms with Gasteiger partial charge in [-0.3, -0.25) is 0 Å². The van der Waals surface area contributed by atoms with E-state index in [0.717, 1.165) is 51.6 Å². The monoisotopic (exact) mass is 416 g/mol. The highest BCUT2D eigenvalue weighted by atomic mass is 16.6. The van der Waals surface area contributed by atoms with Gasteiger partial charge in [0, 0.05) is 19.7 Å². The van der Waals surface area contributed by atoms with Crippen LogP contribution in [0.3, 0.4) is 0 Å². The molecule has 1 atom stereocenters. The van der Waals surface area contributed by atoms with Gasteiger partial charge < -0.3 is 24.8 Å². The maximum atomic E-state index is 11.8. The molecule has 7 heteroatoms. The molecule has 0 aliphatic heterocycles. The molecule has 0 saturated carbocycles. The summed E-state index contributed by atoms with van der Waals surface area (Å²) in [6, 6.07) is 0. The maximum Gasteiger partial charge on any atom is 0.407 e. The third-order valence-corrected chi connectivity index (χ3v) is 4.55. The number of amides is 2. The first-order valence-electron chi connectivity index (χ1n) is 11.5. The van der Waals surface area contributed by atoms with Crippen molar-refractivity contribution in [1.82, 2.24) is 10.6 Å². The lowest BCUT2D eigenvalue weighted by Gasteiger charge is -2.18. The second-order valence-electron chi connectivity index (χ2n) is 7.43. The first-order chi connectivity index (χ1) is 14.1. The normalized spacial score (nSPS) is 11.7. The molecular weight excluding hydrogens is 372 g/mol. The fraction of sp³-hybridized carbons (Fsp3) is 0.909. The minimum atomic E-state index is -0.371. The molecule has 0 aromatic rings. The van der Waals surface area contributed by atoms with Gasteiger partial charge in [-0.05, 0) is 38.0 Å². The van der Waals surface area contributed by atoms with Gasteiger partial charge in [-0.1, -0.05) is 52.9 Å². The Morgan fingerprint density at radius 2 is 1.34 bits per heavy atom. The molecule has 29 heavy (non-hydrogen) atoms. The van der Waals surface area contributed by atoms with Crippen LogP contribution in [0.25, 0.3) is 0 Å². The van der Waals surface area contributed by atoms with Gasteiger partial charge in [0.15, 0.2) is 0 Å². The number of carbonyl (C=O) groups excluding carboxylic acids is 2. The van der Waals surface area contributed by atoms with Gasteiger partial charge in [0.1, 0.15) is 0 Å². The summed E-state index contributed by atoms with van der Waals surface area (Å²) in [6.07, 6.45) is 9.37. The minimum Gasteiger partial charge on any atom is -0.450 e. The molecule has 0 aliphatic rings. The van der Waals surface area contributed by atoms with Gasteiger partial charge in [-0.25, -0.2) is 9.59 Å². The zero-order valence-electron chi connectivity index (χ0n) is 18.9. The zero-order valence-corrected chi connectivity index (χ0v) is 18.9. The van der Waals surface area contributed by atoms with E-state index in [2.05, 4.69) is 31.4 Å². The summed E-state index contributed by atoms with van der Waals surface area (Å²) >= 11 is 0. The number of ether oxygens (including phenoxy) is 3. The molecule has 0 spiro atoms. The van der Waals surface area contributed by atoms with Crippen molar-refractivity contribution in [3.05, 3.63) is 0 Å². The second kappa shape index (κ2) is 21.2. The van der Waals surface area contributed by atoms with Crippen molar-refractivity contribution in [3.63, 3.8) is 0 Å². The number of alkyl carbamates (subject to hydrolysis) is 2. The Morgan fingerprint density at radius 3 is 1.97 bits per heavy atom. The molecule has 0 fully saturated rings. The average Bonchev–Trinajstić information content (AvgIpc) is 2.71. The third kappa shape index (κ3) is 19.6. The number of nitrogens with one attached hydrogen (secondary N) is 2. The number of unbranched alkanes of at least 4 members (excludes halogenated alkanes) is 5. The van der Waals surface area contributed by atoms with Crippen molar-refractivity contribution >= 4 is 12.2 Å². The molecule has 0 rings (SSSR count). The lowest BCUT2D eigenvalue weighted by molar-refractivity contribution is 0.0893. The van der Waals surface area contributed by atoms with Crippen LogP contribution in [0.4, 0.5) is 9.59 Å². The Labute approximate surface area is 177 Å². The third-order valence-electron chi connectivity index (χ3n) is 4.55. The summed E-state index contributed by atoms with van der Waals surface area (Å²) < 4.78 is 16.0. The highest BCUT2D eigenvalue weighted by molar-refractivity contribution is 5.67. The molecule has 1 unspecified atom stereocenters. The van der Waals surface area contributed by atoms with Crippen molar-refractivity contribution in [3.8, 4) is 0 Å². The molecule has 0 bridgehead atoms. The lowest BCUT2D eigenvalue weighted by atomic mass is 10.0. The quantitative estimate of drug-likeness (QED) is 0.288. The van der Waals surface area contributed by atoms with Gasteiger partial charge in [0.25, 0.3) is 0 Å². The minimum absolute atomic E-state index is 0.192. The zero-order chi connectivity index (χ0) is 21.6. The van der Waals surface area contributed by atoms with Crippen LogP contribution in [0, 0.1) is 5.92 Å². The Balaban J connectivity index is 4.09. The van der Waals surface area contributed by atoms with Crippen LogP contribution in [-0.2, 0) is 14.2 Å². The number of carbonyl (C=O) groups is 2. The molecule has 2 N–H and O–H groups in total. The average molecular weight is 417 g/mol. The summed E-state index contributed by atoms with van der Waals surface area (Å²) in [5, 5.41) is 5.61. The van der Waals surface area contributed by atoms with E-state index in [0.29, 0.717) is 32.9 Å². The van der Waals surface area contributed by atoms with E-state index in [1.165, 1.54) is 19.3 Å². The van der Waals surface area contributed by atoms with Gasteiger partial charge in [0.05, 0.1) is 19.8 Å². The number of hydrogen-bond donors (Lipinski definition) is 2. The molecule has 0 aromatic carbocycles. The van der Waals surface area contributed by atoms with Crippen LogP contribution in [0.1, 0.15) is 85.0 Å². The predicted molar refractivity (Wildman–Crippen MR) is 116 cm³/mol. The van der Waals surface area contributed by atoms with E-state index in [9.17, 15) is 9.59 Å². The van der Waals surface area contributed by atoms with Crippen molar-refractivity contribution in [2.24, 2.45) is 5.92 Å². The summed E-state index contributed by atoms with van der Waals surface area (Å²) in [5.74, 6) is 0.192. The largest absolute Gasteiger partial charge is 0.450 e. The SMILES string of the molecule is CCCCCCOCC(CCCNC(=O)OCCCC)CNC(=O)OCCCC. The summed E-state index contributed by atoms with van der Waals surface area (Å²) in [4.78, 5) is 23.3. The number of hydrogen-bond acceptors (Lipinski definition) is 5. The van der Waals surface area contributed by atoms with Crippen LogP contribution in [0.2, 0.25) is 0 Å². The number of rotatable bonds is 19.